The lowest BCUT2D eigenvalue weighted by molar-refractivity contribution is -0.167. The van der Waals surface area contributed by atoms with Gasteiger partial charge in [-0.05, 0) is 23.3 Å². The fourth-order valence-electron chi connectivity index (χ4n) is 1.57. The van der Waals surface area contributed by atoms with E-state index in [1.807, 2.05) is 5.32 Å². The van der Waals surface area contributed by atoms with Gasteiger partial charge in [-0.15, -0.1) is 0 Å². The summed E-state index contributed by atoms with van der Waals surface area (Å²) < 4.78 is 36.0. The van der Waals surface area contributed by atoms with Gasteiger partial charge in [-0.25, -0.2) is 0 Å². The number of amides is 1. The van der Waals surface area contributed by atoms with Crippen molar-refractivity contribution in [3.63, 3.8) is 0 Å². The van der Waals surface area contributed by atoms with Gasteiger partial charge in [0.1, 0.15) is 0 Å². The van der Waals surface area contributed by atoms with Crippen LogP contribution in [-0.4, -0.2) is 12.1 Å². The van der Waals surface area contributed by atoms with Crippen LogP contribution in [0.3, 0.4) is 0 Å². The van der Waals surface area contributed by atoms with Gasteiger partial charge in [-0.2, -0.15) is 13.2 Å². The molecule has 0 saturated heterocycles. The number of anilines is 1. The van der Waals surface area contributed by atoms with Crippen LogP contribution in [0.15, 0.2) is 18.2 Å². The van der Waals surface area contributed by atoms with Gasteiger partial charge in [0.05, 0.1) is 0 Å². The maximum atomic E-state index is 12.0. The summed E-state index contributed by atoms with van der Waals surface area (Å²) in [5, 5.41) is 4.88. The number of benzene rings is 1. The van der Waals surface area contributed by atoms with Gasteiger partial charge >= 0.3 is 12.1 Å². The summed E-state index contributed by atoms with van der Waals surface area (Å²) in [5.74, 6) is -1.95. The fourth-order valence-corrected chi connectivity index (χ4v) is 1.57. The third-order valence-electron chi connectivity index (χ3n) is 2.35. The minimum atomic E-state index is -4.85. The Kier molecular flexibility index (Phi) is 2.59. The van der Waals surface area contributed by atoms with Crippen LogP contribution in [0.2, 0.25) is 0 Å². The van der Waals surface area contributed by atoms with E-state index in [0.717, 1.165) is 11.1 Å². The normalized spacial score (nSPS) is 14.7. The molecule has 0 unspecified atom stereocenters. The summed E-state index contributed by atoms with van der Waals surface area (Å²) in [6.07, 6.45) is -4.85. The first kappa shape index (κ1) is 10.9. The molecule has 0 spiro atoms. The Morgan fingerprint density at radius 1 is 1.25 bits per heavy atom. The van der Waals surface area contributed by atoms with Crippen molar-refractivity contribution >= 4 is 11.6 Å². The highest BCUT2D eigenvalue weighted by Crippen LogP contribution is 2.22. The predicted octanol–water partition coefficient (Wildman–Crippen LogP) is 1.79. The number of nitrogens with one attached hydrogen (secondary N) is 2. The van der Waals surface area contributed by atoms with Crippen molar-refractivity contribution < 1.29 is 18.0 Å². The van der Waals surface area contributed by atoms with Crippen molar-refractivity contribution in [2.24, 2.45) is 0 Å². The molecule has 2 rings (SSSR count). The lowest BCUT2D eigenvalue weighted by Gasteiger charge is -2.08. The summed E-state index contributed by atoms with van der Waals surface area (Å²) in [6.45, 7) is 1.33. The quantitative estimate of drug-likeness (QED) is 0.772. The average molecular weight is 230 g/mol. The topological polar surface area (TPSA) is 41.1 Å². The fraction of sp³-hybridized carbons (Fsp3) is 0.300. The monoisotopic (exact) mass is 230 g/mol. The van der Waals surface area contributed by atoms with E-state index >= 15 is 0 Å². The van der Waals surface area contributed by atoms with Gasteiger partial charge in [-0.1, -0.05) is 6.07 Å². The molecule has 86 valence electrons. The van der Waals surface area contributed by atoms with Crippen molar-refractivity contribution in [2.45, 2.75) is 19.3 Å². The molecule has 1 amide bonds. The predicted molar refractivity (Wildman–Crippen MR) is 51.7 cm³/mol. The molecule has 0 aromatic heterocycles. The standard InChI is InChI=1S/C10H9F3N2O/c11-10(12,13)9(16)15-8-2-1-6-4-14-5-7(6)3-8/h1-3,14H,4-5H2,(H,15,16). The molecule has 1 aliphatic rings. The molecule has 1 aromatic carbocycles. The largest absolute Gasteiger partial charge is 0.471 e. The van der Waals surface area contributed by atoms with Crippen molar-refractivity contribution in [3.05, 3.63) is 29.3 Å². The first-order valence-corrected chi connectivity index (χ1v) is 4.67. The molecule has 2 N–H and O–H groups in total. The molecule has 3 nitrogen and oxygen atoms in total. The molecule has 0 atom stereocenters. The third kappa shape index (κ3) is 2.16. The molecule has 1 heterocycles. The molecule has 1 aromatic rings. The highest BCUT2D eigenvalue weighted by molar-refractivity contribution is 5.95. The van der Waals surface area contributed by atoms with Gasteiger partial charge in [0.2, 0.25) is 0 Å². The molecule has 0 bridgehead atoms. The molecule has 0 aliphatic carbocycles. The maximum Gasteiger partial charge on any atom is 0.471 e. The highest BCUT2D eigenvalue weighted by Gasteiger charge is 2.38. The van der Waals surface area contributed by atoms with Crippen LogP contribution in [0.1, 0.15) is 11.1 Å². The lowest BCUT2D eigenvalue weighted by Crippen LogP contribution is -2.29. The van der Waals surface area contributed by atoms with Gasteiger partial charge in [0.15, 0.2) is 0 Å². The SMILES string of the molecule is O=C(Nc1ccc2c(c1)CNC2)C(F)(F)F. The molecule has 0 fully saturated rings. The van der Waals surface area contributed by atoms with Crippen molar-refractivity contribution in [2.75, 3.05) is 5.32 Å². The van der Waals surface area contributed by atoms with E-state index < -0.39 is 12.1 Å². The number of hydrogen-bond donors (Lipinski definition) is 2. The summed E-state index contributed by atoms with van der Waals surface area (Å²) in [4.78, 5) is 10.7. The average Bonchev–Trinajstić information content (AvgIpc) is 2.63. The molecule has 16 heavy (non-hydrogen) atoms. The van der Waals surface area contributed by atoms with E-state index in [-0.39, 0.29) is 5.69 Å². The summed E-state index contributed by atoms with van der Waals surface area (Å²) in [6, 6.07) is 4.73. The summed E-state index contributed by atoms with van der Waals surface area (Å²) in [7, 11) is 0. The zero-order valence-corrected chi connectivity index (χ0v) is 8.19. The number of fused-ring (bicyclic) bond motifs is 1. The highest BCUT2D eigenvalue weighted by atomic mass is 19.4. The second-order valence-corrected chi connectivity index (χ2v) is 3.54. The van der Waals surface area contributed by atoms with Crippen LogP contribution in [0.5, 0.6) is 0 Å². The second-order valence-electron chi connectivity index (χ2n) is 3.54. The van der Waals surface area contributed by atoms with Gasteiger partial charge < -0.3 is 10.6 Å². The number of halogens is 3. The van der Waals surface area contributed by atoms with Crippen LogP contribution in [0.4, 0.5) is 18.9 Å². The van der Waals surface area contributed by atoms with Gasteiger partial charge in [0.25, 0.3) is 0 Å². The molecule has 6 heteroatoms. The van der Waals surface area contributed by atoms with Gasteiger partial charge in [-0.3, -0.25) is 4.79 Å². The van der Waals surface area contributed by atoms with Crippen LogP contribution in [-0.2, 0) is 17.9 Å². The number of alkyl halides is 3. The van der Waals surface area contributed by atoms with Crippen LogP contribution < -0.4 is 10.6 Å². The zero-order chi connectivity index (χ0) is 11.8. The first-order chi connectivity index (χ1) is 7.47. The maximum absolute atomic E-state index is 12.0. The van der Waals surface area contributed by atoms with E-state index in [2.05, 4.69) is 5.32 Å². The third-order valence-corrected chi connectivity index (χ3v) is 2.35. The van der Waals surface area contributed by atoms with E-state index in [0.29, 0.717) is 13.1 Å². The summed E-state index contributed by atoms with van der Waals surface area (Å²) in [5.41, 5.74) is 2.13. The molecular formula is C10H9F3N2O. The van der Waals surface area contributed by atoms with E-state index in [9.17, 15) is 18.0 Å². The number of carbonyl (C=O) groups is 1. The molecule has 0 saturated carbocycles. The molecular weight excluding hydrogens is 221 g/mol. The number of carbonyl (C=O) groups excluding carboxylic acids is 1. The minimum Gasteiger partial charge on any atom is -0.318 e. The number of hydrogen-bond acceptors (Lipinski definition) is 2. The Morgan fingerprint density at radius 3 is 2.62 bits per heavy atom. The molecule has 1 aliphatic heterocycles. The van der Waals surface area contributed by atoms with Crippen LogP contribution >= 0.6 is 0 Å². The van der Waals surface area contributed by atoms with E-state index in [4.69, 9.17) is 0 Å². The second kappa shape index (κ2) is 3.79. The Labute approximate surface area is 89.6 Å². The van der Waals surface area contributed by atoms with E-state index in [1.54, 1.807) is 12.1 Å². The Morgan fingerprint density at radius 2 is 1.94 bits per heavy atom. The van der Waals surface area contributed by atoms with Crippen molar-refractivity contribution in [3.8, 4) is 0 Å². The van der Waals surface area contributed by atoms with Crippen molar-refractivity contribution in [1.82, 2.24) is 5.32 Å². The van der Waals surface area contributed by atoms with Crippen molar-refractivity contribution in [1.29, 1.82) is 0 Å². The Bertz CT molecular complexity index is 429. The van der Waals surface area contributed by atoms with Gasteiger partial charge in [0, 0.05) is 18.8 Å². The minimum absolute atomic E-state index is 0.171. The number of rotatable bonds is 1. The lowest BCUT2D eigenvalue weighted by atomic mass is 10.1. The van der Waals surface area contributed by atoms with Crippen LogP contribution in [0, 0.1) is 0 Å². The summed E-state index contributed by atoms with van der Waals surface area (Å²) >= 11 is 0. The van der Waals surface area contributed by atoms with E-state index in [1.165, 1.54) is 6.07 Å². The Balaban J connectivity index is 2.14. The Hall–Kier alpha value is -1.56. The first-order valence-electron chi connectivity index (χ1n) is 4.67. The smallest absolute Gasteiger partial charge is 0.318 e. The zero-order valence-electron chi connectivity index (χ0n) is 8.19. The molecule has 0 radical (unpaired) electrons. The van der Waals surface area contributed by atoms with Crippen LogP contribution in [0.25, 0.3) is 0 Å².